The Hall–Kier alpha value is -2.50. The molecule has 1 N–H and O–H groups in total. The molecule has 0 bridgehead atoms. The van der Waals surface area contributed by atoms with Gasteiger partial charge in [-0.15, -0.1) is 0 Å². The lowest BCUT2D eigenvalue weighted by Crippen LogP contribution is -2.25. The maximum absolute atomic E-state index is 12.1. The van der Waals surface area contributed by atoms with Gasteiger partial charge in [-0.25, -0.2) is 4.98 Å². The van der Waals surface area contributed by atoms with Crippen molar-refractivity contribution in [2.75, 3.05) is 0 Å². The van der Waals surface area contributed by atoms with Crippen molar-refractivity contribution in [3.8, 4) is 0 Å². The van der Waals surface area contributed by atoms with Crippen LogP contribution in [0, 0.1) is 6.92 Å². The molecule has 0 aliphatic rings. The predicted octanol–water partition coefficient (Wildman–Crippen LogP) is 0.239. The number of aryl methyl sites for hydroxylation is 1. The summed E-state index contributed by atoms with van der Waals surface area (Å²) >= 11 is 0. The first kappa shape index (κ1) is 9.71. The average Bonchev–Trinajstić information content (AvgIpc) is 2.32. The number of H-pyrrole nitrogens is 1. The van der Waals surface area contributed by atoms with Crippen LogP contribution in [-0.2, 0) is 0 Å². The van der Waals surface area contributed by atoms with Crippen molar-refractivity contribution in [1.82, 2.24) is 19.6 Å². The molecule has 0 amide bonds. The van der Waals surface area contributed by atoms with E-state index in [1.165, 1.54) is 0 Å². The molecule has 3 aromatic rings. The van der Waals surface area contributed by atoms with Crippen molar-refractivity contribution in [3.05, 3.63) is 50.7 Å². The number of nitrogens with one attached hydrogen (secondary N) is 1. The fourth-order valence-corrected chi connectivity index (χ4v) is 1.68. The molecule has 0 saturated heterocycles. The average molecular weight is 228 g/mol. The van der Waals surface area contributed by atoms with E-state index in [4.69, 9.17) is 0 Å². The van der Waals surface area contributed by atoms with Crippen LogP contribution in [-0.4, -0.2) is 19.6 Å². The molecule has 0 atom stereocenters. The number of hydrogen-bond donors (Lipinski definition) is 1. The summed E-state index contributed by atoms with van der Waals surface area (Å²) in [6, 6.07) is 6.94. The molecule has 6 heteroatoms. The Bertz CT molecular complexity index is 847. The number of aromatic nitrogens is 4. The molecule has 0 saturated carbocycles. The third kappa shape index (κ3) is 1.34. The van der Waals surface area contributed by atoms with E-state index in [9.17, 15) is 9.59 Å². The number of nitrogens with zero attached hydrogens (tertiary/aromatic N) is 3. The Morgan fingerprint density at radius 3 is 2.82 bits per heavy atom. The van der Waals surface area contributed by atoms with Gasteiger partial charge in [0, 0.05) is 0 Å². The number of aromatic amines is 1. The summed E-state index contributed by atoms with van der Waals surface area (Å²) in [7, 11) is 0. The van der Waals surface area contributed by atoms with Gasteiger partial charge in [0.15, 0.2) is 0 Å². The molecule has 17 heavy (non-hydrogen) atoms. The van der Waals surface area contributed by atoms with Gasteiger partial charge in [0.2, 0.25) is 5.78 Å². The summed E-state index contributed by atoms with van der Waals surface area (Å²) in [4.78, 5) is 30.2. The van der Waals surface area contributed by atoms with Crippen molar-refractivity contribution < 1.29 is 0 Å². The van der Waals surface area contributed by atoms with Crippen LogP contribution in [0.25, 0.3) is 16.7 Å². The highest BCUT2D eigenvalue weighted by Crippen LogP contribution is 2.05. The molecule has 1 aromatic carbocycles. The van der Waals surface area contributed by atoms with Crippen LogP contribution in [0.1, 0.15) is 5.69 Å². The highest BCUT2D eigenvalue weighted by Gasteiger charge is 2.07. The Kier molecular flexibility index (Phi) is 1.85. The molecule has 2 heterocycles. The molecule has 84 valence electrons. The van der Waals surface area contributed by atoms with Crippen molar-refractivity contribution in [3.63, 3.8) is 0 Å². The Morgan fingerprint density at radius 2 is 2.00 bits per heavy atom. The van der Waals surface area contributed by atoms with Crippen LogP contribution in [0.4, 0.5) is 0 Å². The summed E-state index contributed by atoms with van der Waals surface area (Å²) in [5, 5.41) is 4.40. The standard InChI is InChI=1S/C11H8N4O2/c1-6-9(16)13-11-12-8-5-3-2-4-7(8)10(17)15(11)14-6/h2-5H,1H3,(H,12,13,16). The fourth-order valence-electron chi connectivity index (χ4n) is 1.68. The second-order valence-corrected chi connectivity index (χ2v) is 3.71. The van der Waals surface area contributed by atoms with Gasteiger partial charge in [-0.3, -0.25) is 14.6 Å². The lowest BCUT2D eigenvalue weighted by atomic mass is 10.2. The third-order valence-corrected chi connectivity index (χ3v) is 2.56. The van der Waals surface area contributed by atoms with E-state index in [1.54, 1.807) is 31.2 Å². The summed E-state index contributed by atoms with van der Waals surface area (Å²) in [5.41, 5.74) is 0.146. The number of para-hydroxylation sites is 1. The monoisotopic (exact) mass is 228 g/mol. The minimum absolute atomic E-state index is 0.157. The highest BCUT2D eigenvalue weighted by atomic mass is 16.1. The summed E-state index contributed by atoms with van der Waals surface area (Å²) in [6.07, 6.45) is 0. The first-order chi connectivity index (χ1) is 8.16. The van der Waals surface area contributed by atoms with Gasteiger partial charge in [0.1, 0.15) is 5.69 Å². The molecule has 0 radical (unpaired) electrons. The van der Waals surface area contributed by atoms with Crippen LogP contribution in [0.2, 0.25) is 0 Å². The fraction of sp³-hybridized carbons (Fsp3) is 0.0909. The van der Waals surface area contributed by atoms with Crippen molar-refractivity contribution in [2.45, 2.75) is 6.92 Å². The summed E-state index contributed by atoms with van der Waals surface area (Å²) in [6.45, 7) is 1.54. The lowest BCUT2D eigenvalue weighted by Gasteiger charge is -2.01. The smallest absolute Gasteiger partial charge is 0.283 e. The molecule has 0 aliphatic heterocycles. The molecular formula is C11H8N4O2. The third-order valence-electron chi connectivity index (χ3n) is 2.56. The quantitative estimate of drug-likeness (QED) is 0.559. The Labute approximate surface area is 94.6 Å². The lowest BCUT2D eigenvalue weighted by molar-refractivity contribution is 0.809. The highest BCUT2D eigenvalue weighted by molar-refractivity contribution is 5.78. The molecule has 0 unspecified atom stereocenters. The number of benzene rings is 1. The molecule has 3 rings (SSSR count). The largest absolute Gasteiger partial charge is 0.289 e. The van der Waals surface area contributed by atoms with Gasteiger partial charge in [-0.05, 0) is 19.1 Å². The summed E-state index contributed by atoms with van der Waals surface area (Å²) < 4.78 is 1.11. The van der Waals surface area contributed by atoms with Crippen LogP contribution in [0.5, 0.6) is 0 Å². The first-order valence-electron chi connectivity index (χ1n) is 5.05. The predicted molar refractivity (Wildman–Crippen MR) is 62.1 cm³/mol. The number of hydrogen-bond acceptors (Lipinski definition) is 4. The van der Waals surface area contributed by atoms with E-state index in [0.717, 1.165) is 4.52 Å². The maximum atomic E-state index is 12.1. The van der Waals surface area contributed by atoms with E-state index in [-0.39, 0.29) is 22.6 Å². The van der Waals surface area contributed by atoms with Gasteiger partial charge in [0.25, 0.3) is 11.1 Å². The van der Waals surface area contributed by atoms with Crippen molar-refractivity contribution >= 4 is 16.7 Å². The van der Waals surface area contributed by atoms with Gasteiger partial charge in [0.05, 0.1) is 10.9 Å². The van der Waals surface area contributed by atoms with Gasteiger partial charge in [-0.2, -0.15) is 9.61 Å². The Balaban J connectivity index is 2.64. The van der Waals surface area contributed by atoms with E-state index in [1.807, 2.05) is 0 Å². The summed E-state index contributed by atoms with van der Waals surface area (Å²) in [5.74, 6) is 0.157. The van der Waals surface area contributed by atoms with Gasteiger partial charge >= 0.3 is 0 Å². The van der Waals surface area contributed by atoms with E-state index < -0.39 is 0 Å². The Morgan fingerprint density at radius 1 is 1.24 bits per heavy atom. The van der Waals surface area contributed by atoms with Crippen molar-refractivity contribution in [2.24, 2.45) is 0 Å². The minimum Gasteiger partial charge on any atom is -0.289 e. The maximum Gasteiger partial charge on any atom is 0.283 e. The molecule has 2 aromatic heterocycles. The second-order valence-electron chi connectivity index (χ2n) is 3.71. The van der Waals surface area contributed by atoms with Crippen LogP contribution < -0.4 is 11.1 Å². The van der Waals surface area contributed by atoms with E-state index in [2.05, 4.69) is 15.1 Å². The molecule has 0 spiro atoms. The zero-order chi connectivity index (χ0) is 12.0. The number of fused-ring (bicyclic) bond motifs is 2. The molecule has 0 fully saturated rings. The normalized spacial score (nSPS) is 11.1. The van der Waals surface area contributed by atoms with Crippen molar-refractivity contribution in [1.29, 1.82) is 0 Å². The SMILES string of the molecule is Cc1nn2c(=O)c3ccccc3nc2[nH]c1=O. The van der Waals surface area contributed by atoms with Gasteiger partial charge in [-0.1, -0.05) is 12.1 Å². The number of rotatable bonds is 0. The zero-order valence-electron chi connectivity index (χ0n) is 8.97. The topological polar surface area (TPSA) is 80.1 Å². The van der Waals surface area contributed by atoms with E-state index >= 15 is 0 Å². The molecular weight excluding hydrogens is 220 g/mol. The van der Waals surface area contributed by atoms with Crippen LogP contribution >= 0.6 is 0 Å². The second kappa shape index (κ2) is 3.24. The molecule has 6 nitrogen and oxygen atoms in total. The van der Waals surface area contributed by atoms with Crippen LogP contribution in [0.3, 0.4) is 0 Å². The minimum atomic E-state index is -0.341. The first-order valence-corrected chi connectivity index (χ1v) is 5.05. The molecule has 0 aliphatic carbocycles. The van der Waals surface area contributed by atoms with Crippen LogP contribution in [0.15, 0.2) is 33.9 Å². The van der Waals surface area contributed by atoms with E-state index in [0.29, 0.717) is 10.9 Å². The van der Waals surface area contributed by atoms with Gasteiger partial charge < -0.3 is 0 Å². The zero-order valence-corrected chi connectivity index (χ0v) is 8.97.